The number of carbonyl (C=O) groups excluding carboxylic acids is 1. The second kappa shape index (κ2) is 6.73. The van der Waals surface area contributed by atoms with Crippen LogP contribution in [-0.4, -0.2) is 30.9 Å². The van der Waals surface area contributed by atoms with E-state index >= 15 is 0 Å². The Morgan fingerprint density at radius 2 is 2.29 bits per heavy atom. The van der Waals surface area contributed by atoms with E-state index in [-0.39, 0.29) is 17.8 Å². The number of carbonyl (C=O) groups is 1. The Balaban J connectivity index is 1.42. The van der Waals surface area contributed by atoms with Gasteiger partial charge in [-0.15, -0.1) is 11.3 Å². The summed E-state index contributed by atoms with van der Waals surface area (Å²) in [7, 11) is 0. The van der Waals surface area contributed by atoms with Crippen molar-refractivity contribution in [2.24, 2.45) is 0 Å². The van der Waals surface area contributed by atoms with E-state index in [9.17, 15) is 4.79 Å². The Morgan fingerprint density at radius 1 is 1.43 bits per heavy atom. The molecule has 1 saturated carbocycles. The minimum atomic E-state index is -0.361. The first-order chi connectivity index (χ1) is 10.3. The number of rotatable bonds is 4. The van der Waals surface area contributed by atoms with Crippen molar-refractivity contribution in [3.8, 4) is 0 Å². The fourth-order valence-corrected chi connectivity index (χ4v) is 3.51. The monoisotopic (exact) mass is 307 g/mol. The highest BCUT2D eigenvalue weighted by Gasteiger charge is 2.42. The molecule has 1 atom stereocenters. The van der Waals surface area contributed by atoms with E-state index in [1.807, 2.05) is 23.6 Å². The lowest BCUT2D eigenvalue weighted by molar-refractivity contribution is -0.186. The van der Waals surface area contributed by atoms with Crippen LogP contribution in [0.3, 0.4) is 0 Å². The van der Waals surface area contributed by atoms with Crippen LogP contribution in [0.1, 0.15) is 37.0 Å². The van der Waals surface area contributed by atoms with Crippen LogP contribution in [0.15, 0.2) is 23.6 Å². The number of hydrogen-bond acceptors (Lipinski definition) is 4. The van der Waals surface area contributed by atoms with Crippen LogP contribution in [-0.2, 0) is 14.3 Å². The summed E-state index contributed by atoms with van der Waals surface area (Å²) in [4.78, 5) is 12.8. The van der Waals surface area contributed by atoms with E-state index in [2.05, 4.69) is 5.32 Å². The van der Waals surface area contributed by atoms with Crippen molar-refractivity contribution in [1.82, 2.24) is 5.32 Å². The lowest BCUT2D eigenvalue weighted by Crippen LogP contribution is -2.36. The molecule has 0 bridgehead atoms. The van der Waals surface area contributed by atoms with E-state index in [4.69, 9.17) is 9.47 Å². The third-order valence-electron chi connectivity index (χ3n) is 3.98. The van der Waals surface area contributed by atoms with Gasteiger partial charge in [0, 0.05) is 30.3 Å². The maximum atomic E-state index is 11.8. The van der Waals surface area contributed by atoms with Crippen molar-refractivity contribution in [3.63, 3.8) is 0 Å². The summed E-state index contributed by atoms with van der Waals surface area (Å²) in [6.45, 7) is 1.09. The van der Waals surface area contributed by atoms with E-state index in [1.165, 1.54) is 19.3 Å². The van der Waals surface area contributed by atoms with Gasteiger partial charge in [-0.25, -0.2) is 0 Å². The molecule has 114 valence electrons. The highest BCUT2D eigenvalue weighted by atomic mass is 32.1. The van der Waals surface area contributed by atoms with Crippen molar-refractivity contribution in [2.75, 3.05) is 13.2 Å². The SMILES string of the molecule is O=C(/C=C/c1cccs1)NCC1COC2(CCCCC2)O1. The predicted octanol–water partition coefficient (Wildman–Crippen LogP) is 2.95. The van der Waals surface area contributed by atoms with Crippen LogP contribution in [0.4, 0.5) is 0 Å². The maximum Gasteiger partial charge on any atom is 0.244 e. The molecule has 0 aromatic carbocycles. The molecule has 3 rings (SSSR count). The van der Waals surface area contributed by atoms with Crippen molar-refractivity contribution in [3.05, 3.63) is 28.5 Å². The van der Waals surface area contributed by atoms with Crippen molar-refractivity contribution < 1.29 is 14.3 Å². The number of nitrogens with one attached hydrogen (secondary N) is 1. The molecule has 1 aromatic rings. The second-order valence-corrected chi connectivity index (χ2v) is 6.60. The molecule has 1 aromatic heterocycles. The van der Waals surface area contributed by atoms with Crippen LogP contribution < -0.4 is 5.32 Å². The third kappa shape index (κ3) is 3.93. The molecule has 2 fully saturated rings. The van der Waals surface area contributed by atoms with Gasteiger partial charge in [-0.1, -0.05) is 12.5 Å². The first-order valence-electron chi connectivity index (χ1n) is 7.57. The van der Waals surface area contributed by atoms with Gasteiger partial charge in [-0.05, 0) is 30.4 Å². The highest BCUT2D eigenvalue weighted by Crippen LogP contribution is 2.37. The van der Waals surface area contributed by atoms with Gasteiger partial charge < -0.3 is 14.8 Å². The largest absolute Gasteiger partial charge is 0.350 e. The maximum absolute atomic E-state index is 11.8. The summed E-state index contributed by atoms with van der Waals surface area (Å²) in [5.41, 5.74) is 0. The molecule has 0 radical (unpaired) electrons. The number of amides is 1. The van der Waals surface area contributed by atoms with Gasteiger partial charge in [0.15, 0.2) is 5.79 Å². The normalized spacial score (nSPS) is 24.7. The zero-order chi connectivity index (χ0) is 14.5. The minimum Gasteiger partial charge on any atom is -0.350 e. The lowest BCUT2D eigenvalue weighted by Gasteiger charge is -2.31. The molecule has 1 saturated heterocycles. The fourth-order valence-electron chi connectivity index (χ4n) is 2.89. The molecule has 4 nitrogen and oxygen atoms in total. The highest BCUT2D eigenvalue weighted by molar-refractivity contribution is 7.10. The molecular formula is C16H21NO3S. The zero-order valence-corrected chi connectivity index (χ0v) is 12.9. The van der Waals surface area contributed by atoms with E-state index in [0.717, 1.165) is 17.7 Å². The van der Waals surface area contributed by atoms with Gasteiger partial charge in [-0.2, -0.15) is 0 Å². The smallest absolute Gasteiger partial charge is 0.244 e. The minimum absolute atomic E-state index is 0.0258. The van der Waals surface area contributed by atoms with Gasteiger partial charge in [0.05, 0.1) is 6.61 Å². The van der Waals surface area contributed by atoms with Crippen molar-refractivity contribution >= 4 is 23.3 Å². The second-order valence-electron chi connectivity index (χ2n) is 5.62. The van der Waals surface area contributed by atoms with Crippen molar-refractivity contribution in [2.45, 2.75) is 44.0 Å². The summed E-state index contributed by atoms with van der Waals surface area (Å²) < 4.78 is 11.9. The number of ether oxygens (including phenoxy) is 2. The summed E-state index contributed by atoms with van der Waals surface area (Å²) in [6, 6.07) is 3.95. The number of hydrogen-bond donors (Lipinski definition) is 1. The van der Waals surface area contributed by atoms with Gasteiger partial charge in [-0.3, -0.25) is 4.79 Å². The van der Waals surface area contributed by atoms with Gasteiger partial charge in [0.2, 0.25) is 5.91 Å². The lowest BCUT2D eigenvalue weighted by atomic mass is 9.94. The summed E-state index contributed by atoms with van der Waals surface area (Å²) in [5.74, 6) is -0.447. The summed E-state index contributed by atoms with van der Waals surface area (Å²) >= 11 is 1.61. The summed E-state index contributed by atoms with van der Waals surface area (Å²) in [5, 5.41) is 4.87. The first-order valence-corrected chi connectivity index (χ1v) is 8.45. The number of thiophene rings is 1. The average molecular weight is 307 g/mol. The standard InChI is InChI=1S/C16H21NO3S/c18-15(7-6-14-5-4-10-21-14)17-11-13-12-19-16(20-13)8-2-1-3-9-16/h4-7,10,13H,1-3,8-9,11-12H2,(H,17,18)/b7-6+. The van der Waals surface area contributed by atoms with Crippen LogP contribution in [0.5, 0.6) is 0 Å². The van der Waals surface area contributed by atoms with Crippen LogP contribution in [0.25, 0.3) is 6.08 Å². The predicted molar refractivity (Wildman–Crippen MR) is 83.0 cm³/mol. The van der Waals surface area contributed by atoms with Crippen molar-refractivity contribution in [1.29, 1.82) is 0 Å². The Kier molecular flexibility index (Phi) is 4.73. The van der Waals surface area contributed by atoms with E-state index < -0.39 is 0 Å². The molecule has 1 aliphatic heterocycles. The van der Waals surface area contributed by atoms with Crippen LogP contribution in [0, 0.1) is 0 Å². The molecule has 1 amide bonds. The Labute approximate surface area is 129 Å². The Hall–Kier alpha value is -1.17. The molecule has 2 aliphatic rings. The molecule has 5 heteroatoms. The Morgan fingerprint density at radius 3 is 3.05 bits per heavy atom. The Bertz CT molecular complexity index is 492. The fraction of sp³-hybridized carbons (Fsp3) is 0.562. The first kappa shape index (κ1) is 14.8. The van der Waals surface area contributed by atoms with Gasteiger partial charge in [0.1, 0.15) is 6.10 Å². The molecule has 1 spiro atoms. The molecule has 1 N–H and O–H groups in total. The van der Waals surface area contributed by atoms with Gasteiger partial charge in [0.25, 0.3) is 0 Å². The van der Waals surface area contributed by atoms with Crippen LogP contribution in [0.2, 0.25) is 0 Å². The van der Waals surface area contributed by atoms with E-state index in [1.54, 1.807) is 17.4 Å². The molecular weight excluding hydrogens is 286 g/mol. The third-order valence-corrected chi connectivity index (χ3v) is 4.81. The van der Waals surface area contributed by atoms with Crippen LogP contribution >= 0.6 is 11.3 Å². The van der Waals surface area contributed by atoms with E-state index in [0.29, 0.717) is 13.2 Å². The molecule has 1 aliphatic carbocycles. The quantitative estimate of drug-likeness (QED) is 0.870. The van der Waals surface area contributed by atoms with Gasteiger partial charge >= 0.3 is 0 Å². The molecule has 21 heavy (non-hydrogen) atoms. The molecule has 1 unspecified atom stereocenters. The summed E-state index contributed by atoms with van der Waals surface area (Å²) in [6.07, 6.45) is 8.94. The zero-order valence-electron chi connectivity index (χ0n) is 12.0. The topological polar surface area (TPSA) is 47.6 Å². The average Bonchev–Trinajstić information content (AvgIpc) is 3.14. The molecule has 2 heterocycles.